The number of likely N-dealkylation sites (tertiary alicyclic amines) is 1. The van der Waals surface area contributed by atoms with Gasteiger partial charge in [-0.1, -0.05) is 45.9 Å². The predicted octanol–water partition coefficient (Wildman–Crippen LogP) is 3.37. The lowest BCUT2D eigenvalue weighted by Gasteiger charge is -2.27. The van der Waals surface area contributed by atoms with E-state index in [-0.39, 0.29) is 19.4 Å². The molecule has 0 bridgehead atoms. The highest BCUT2D eigenvalue weighted by Crippen LogP contribution is 2.68. The summed E-state index contributed by atoms with van der Waals surface area (Å²) in [6.07, 6.45) is -0.226. The van der Waals surface area contributed by atoms with Crippen LogP contribution in [0.25, 0.3) is 0 Å². The van der Waals surface area contributed by atoms with Gasteiger partial charge in [-0.3, -0.25) is 19.2 Å². The Bertz CT molecular complexity index is 1160. The third-order valence-corrected chi connectivity index (χ3v) is 6.45. The Morgan fingerprint density at radius 1 is 1.07 bits per heavy atom. The summed E-state index contributed by atoms with van der Waals surface area (Å²) in [4.78, 5) is 51.8. The Labute approximate surface area is 235 Å². The number of hydrogen-bond donors (Lipinski definition) is 2. The van der Waals surface area contributed by atoms with Crippen molar-refractivity contribution < 1.29 is 41.1 Å². The number of alkyl halides is 5. The molecule has 3 unspecified atom stereocenters. The van der Waals surface area contributed by atoms with Gasteiger partial charge in [0.15, 0.2) is 0 Å². The third-order valence-electron chi connectivity index (χ3n) is 6.45. The summed E-state index contributed by atoms with van der Waals surface area (Å²) >= 11 is 0. The first-order chi connectivity index (χ1) is 19.0. The number of amides is 4. The van der Waals surface area contributed by atoms with Crippen molar-refractivity contribution in [2.75, 3.05) is 25.5 Å². The van der Waals surface area contributed by atoms with Gasteiger partial charge < -0.3 is 20.4 Å². The number of nitrogens with zero attached hydrogens (tertiary/aromatic N) is 3. The third kappa shape index (κ3) is 6.77. The number of rotatable bonds is 8. The Kier molecular flexibility index (Phi) is 10.5. The van der Waals surface area contributed by atoms with Gasteiger partial charge >= 0.3 is 17.5 Å². The van der Waals surface area contributed by atoms with Crippen LogP contribution in [0.4, 0.5) is 27.6 Å². The van der Waals surface area contributed by atoms with Crippen molar-refractivity contribution >= 4 is 29.3 Å². The van der Waals surface area contributed by atoms with E-state index in [1.165, 1.54) is 6.92 Å². The molecule has 1 saturated carbocycles. The fraction of sp³-hybridized carbons (Fsp3) is 0.593. The van der Waals surface area contributed by atoms with Crippen LogP contribution >= 0.6 is 0 Å². The summed E-state index contributed by atoms with van der Waals surface area (Å²) in [6.45, 7) is 7.07. The van der Waals surface area contributed by atoms with E-state index in [1.54, 1.807) is 35.6 Å². The SMILES string of the molecule is CC(C)C.CCC(NC(=O)C1(F)C(F)(F)C1(F)F)C(=O)N(C)CC(=O)N1CC(C(=O)Nc2ccccc2)CC1C#N. The minimum atomic E-state index is -5.21. The second-order valence-electron chi connectivity index (χ2n) is 10.6. The van der Waals surface area contributed by atoms with Crippen LogP contribution in [-0.2, 0) is 19.2 Å². The number of halogens is 5. The minimum absolute atomic E-state index is 0.0488. The van der Waals surface area contributed by atoms with Crippen molar-refractivity contribution in [1.29, 1.82) is 5.26 Å². The van der Waals surface area contributed by atoms with Gasteiger partial charge in [0.05, 0.1) is 18.5 Å². The molecule has 3 atom stereocenters. The average Bonchev–Trinajstić information content (AvgIpc) is 3.21. The first-order valence-electron chi connectivity index (χ1n) is 13.0. The van der Waals surface area contributed by atoms with Crippen molar-refractivity contribution in [3.8, 4) is 6.07 Å². The van der Waals surface area contributed by atoms with Crippen molar-refractivity contribution in [2.45, 2.75) is 70.1 Å². The zero-order chi connectivity index (χ0) is 31.3. The van der Waals surface area contributed by atoms with Crippen molar-refractivity contribution in [2.24, 2.45) is 11.8 Å². The molecule has 1 aromatic carbocycles. The second kappa shape index (κ2) is 12.8. The number of nitriles is 1. The average molecular weight is 588 g/mol. The first kappa shape index (κ1) is 33.4. The summed E-state index contributed by atoms with van der Waals surface area (Å²) in [5.74, 6) is -14.8. The highest BCUT2D eigenvalue weighted by atomic mass is 19.3. The van der Waals surface area contributed by atoms with Gasteiger partial charge in [0.25, 0.3) is 5.91 Å². The molecule has 3 rings (SSSR count). The van der Waals surface area contributed by atoms with Gasteiger partial charge in [-0.15, -0.1) is 0 Å². The van der Waals surface area contributed by atoms with Gasteiger partial charge in [0, 0.05) is 19.3 Å². The molecule has 1 aromatic rings. The van der Waals surface area contributed by atoms with Gasteiger partial charge in [0.2, 0.25) is 17.7 Å². The van der Waals surface area contributed by atoms with Crippen molar-refractivity contribution in [3.63, 3.8) is 0 Å². The van der Waals surface area contributed by atoms with Gasteiger partial charge in [-0.25, -0.2) is 4.39 Å². The highest BCUT2D eigenvalue weighted by molar-refractivity contribution is 5.97. The molecule has 41 heavy (non-hydrogen) atoms. The Morgan fingerprint density at radius 3 is 2.07 bits per heavy atom. The summed E-state index contributed by atoms with van der Waals surface area (Å²) in [7, 11) is 1.12. The number of anilines is 1. The van der Waals surface area contributed by atoms with E-state index in [4.69, 9.17) is 0 Å². The van der Waals surface area contributed by atoms with Crippen LogP contribution < -0.4 is 10.6 Å². The second-order valence-corrected chi connectivity index (χ2v) is 10.6. The molecule has 4 amide bonds. The van der Waals surface area contributed by atoms with Crippen molar-refractivity contribution in [1.82, 2.24) is 15.1 Å². The van der Waals surface area contributed by atoms with Crippen molar-refractivity contribution in [3.05, 3.63) is 30.3 Å². The Balaban J connectivity index is 0.00000138. The number of carbonyl (C=O) groups is 4. The van der Waals surface area contributed by atoms with Crippen LogP contribution in [0.3, 0.4) is 0 Å². The lowest BCUT2D eigenvalue weighted by molar-refractivity contribution is -0.143. The molecule has 226 valence electrons. The molecule has 0 radical (unpaired) electrons. The van der Waals surface area contributed by atoms with E-state index in [0.717, 1.165) is 22.8 Å². The monoisotopic (exact) mass is 587 g/mol. The molecule has 1 aliphatic heterocycles. The van der Waals surface area contributed by atoms with E-state index >= 15 is 0 Å². The van der Waals surface area contributed by atoms with Gasteiger partial charge in [-0.05, 0) is 30.9 Å². The molecule has 1 heterocycles. The number of hydrogen-bond acceptors (Lipinski definition) is 5. The maximum absolute atomic E-state index is 14.0. The van der Waals surface area contributed by atoms with E-state index in [1.807, 2.05) is 6.07 Å². The summed E-state index contributed by atoms with van der Waals surface area (Å²) in [5.41, 5.74) is -4.24. The molecule has 2 N–H and O–H groups in total. The molecule has 1 saturated heterocycles. The van der Waals surface area contributed by atoms with Crippen LogP contribution in [0.1, 0.15) is 40.5 Å². The predicted molar refractivity (Wildman–Crippen MR) is 138 cm³/mol. The molecule has 2 fully saturated rings. The number of benzene rings is 1. The summed E-state index contributed by atoms with van der Waals surface area (Å²) in [6, 6.07) is 7.81. The van der Waals surface area contributed by atoms with E-state index < -0.39 is 65.7 Å². The summed E-state index contributed by atoms with van der Waals surface area (Å²) < 4.78 is 66.6. The molecule has 14 heteroatoms. The Morgan fingerprint density at radius 2 is 1.61 bits per heavy atom. The standard InChI is InChI=1S/C23H24F5N5O4.C4H10/c1-3-16(31-20(37)21(24)22(25,26)23(21,27)28)19(36)32(2)12-17(34)33-11-13(9-15(33)10-29)18(35)30-14-7-5-4-6-8-14;1-4(2)3/h4-8,13,15-16H,3,9,11-12H2,1-2H3,(H,30,35)(H,31,37);4H,1-3H3. The van der Waals surface area contributed by atoms with Crippen LogP contribution in [0.5, 0.6) is 0 Å². The molecule has 2 aliphatic rings. The number of likely N-dealkylation sites (N-methyl/N-ethyl adjacent to an activating group) is 1. The topological polar surface area (TPSA) is 123 Å². The van der Waals surface area contributed by atoms with Gasteiger partial charge in [0.1, 0.15) is 12.1 Å². The van der Waals surface area contributed by atoms with E-state index in [2.05, 4.69) is 26.1 Å². The van der Waals surface area contributed by atoms with E-state index in [9.17, 15) is 46.4 Å². The molecule has 9 nitrogen and oxygen atoms in total. The lowest BCUT2D eigenvalue weighted by Crippen LogP contribution is -2.53. The molecule has 1 aliphatic carbocycles. The maximum Gasteiger partial charge on any atom is 0.362 e. The maximum atomic E-state index is 14.0. The van der Waals surface area contributed by atoms with Crippen LogP contribution in [-0.4, -0.2) is 83.2 Å². The van der Waals surface area contributed by atoms with Crippen LogP contribution in [0.15, 0.2) is 30.3 Å². The fourth-order valence-electron chi connectivity index (χ4n) is 4.10. The fourth-order valence-corrected chi connectivity index (χ4v) is 4.10. The number of carbonyl (C=O) groups excluding carboxylic acids is 4. The van der Waals surface area contributed by atoms with Crippen LogP contribution in [0.2, 0.25) is 0 Å². The quantitative estimate of drug-likeness (QED) is 0.452. The normalized spacial score (nSPS) is 22.0. The van der Waals surface area contributed by atoms with E-state index in [0.29, 0.717) is 5.69 Å². The van der Waals surface area contributed by atoms with Crippen LogP contribution in [0, 0.1) is 23.2 Å². The summed E-state index contributed by atoms with van der Waals surface area (Å²) in [5, 5.41) is 13.7. The Hall–Kier alpha value is -3.76. The lowest BCUT2D eigenvalue weighted by atomic mass is 10.1. The molecular formula is C27H34F5N5O4. The zero-order valence-corrected chi connectivity index (χ0v) is 23.4. The highest BCUT2D eigenvalue weighted by Gasteiger charge is 3.02. The number of nitrogens with one attached hydrogen (secondary N) is 2. The smallest absolute Gasteiger partial charge is 0.341 e. The largest absolute Gasteiger partial charge is 0.362 e. The first-order valence-corrected chi connectivity index (χ1v) is 13.0. The van der Waals surface area contributed by atoms with Gasteiger partial charge in [-0.2, -0.15) is 22.8 Å². The number of para-hydroxylation sites is 1. The zero-order valence-electron chi connectivity index (χ0n) is 23.4. The molecule has 0 aromatic heterocycles. The molecular weight excluding hydrogens is 553 g/mol. The minimum Gasteiger partial charge on any atom is -0.341 e. The molecule has 0 spiro atoms.